The molecule has 1 unspecified atom stereocenters. The van der Waals surface area contributed by atoms with Crippen LogP contribution in [0.4, 0.5) is 5.82 Å². The molecule has 0 spiro atoms. The Labute approximate surface area is 115 Å². The molecule has 0 aliphatic rings. The van der Waals surface area contributed by atoms with Crippen molar-refractivity contribution in [2.75, 3.05) is 38.9 Å². The summed E-state index contributed by atoms with van der Waals surface area (Å²) < 4.78 is 10.4. The molecule has 0 radical (unpaired) electrons. The Balaban J connectivity index is 3.05. The lowest BCUT2D eigenvalue weighted by Gasteiger charge is -2.31. The van der Waals surface area contributed by atoms with Crippen LogP contribution in [0.25, 0.3) is 0 Å². The summed E-state index contributed by atoms with van der Waals surface area (Å²) in [5.41, 5.74) is 8.11. The average molecular weight is 267 g/mol. The summed E-state index contributed by atoms with van der Waals surface area (Å²) in [5.74, 6) is 0.934. The topological polar surface area (TPSA) is 60.6 Å². The summed E-state index contributed by atoms with van der Waals surface area (Å²) >= 11 is 0. The first-order valence-electron chi connectivity index (χ1n) is 6.54. The van der Waals surface area contributed by atoms with Crippen LogP contribution in [0, 0.1) is 6.92 Å². The van der Waals surface area contributed by atoms with Crippen molar-refractivity contribution in [3.8, 4) is 0 Å². The highest BCUT2D eigenvalue weighted by molar-refractivity contribution is 5.51. The fourth-order valence-electron chi connectivity index (χ4n) is 2.13. The lowest BCUT2D eigenvalue weighted by molar-refractivity contribution is 0.170. The number of ether oxygens (including phenoxy) is 2. The van der Waals surface area contributed by atoms with E-state index >= 15 is 0 Å². The Kier molecular flexibility index (Phi) is 6.77. The molecule has 108 valence electrons. The summed E-state index contributed by atoms with van der Waals surface area (Å²) in [4.78, 5) is 6.70. The van der Waals surface area contributed by atoms with Gasteiger partial charge in [0.15, 0.2) is 0 Å². The summed E-state index contributed by atoms with van der Waals surface area (Å²) in [7, 11) is 3.41. The molecule has 19 heavy (non-hydrogen) atoms. The molecule has 0 aliphatic carbocycles. The predicted molar refractivity (Wildman–Crippen MR) is 77.4 cm³/mol. The third kappa shape index (κ3) is 4.16. The Hall–Kier alpha value is -1.17. The first-order chi connectivity index (χ1) is 9.15. The fourth-order valence-corrected chi connectivity index (χ4v) is 2.13. The summed E-state index contributed by atoms with van der Waals surface area (Å²) in [6.07, 6.45) is 1.82. The molecule has 0 bridgehead atoms. The summed E-state index contributed by atoms with van der Waals surface area (Å²) in [5, 5.41) is 0. The molecule has 0 fully saturated rings. The van der Waals surface area contributed by atoms with Crippen molar-refractivity contribution in [3.63, 3.8) is 0 Å². The number of rotatable bonds is 8. The normalized spacial score (nSPS) is 12.5. The molecule has 0 aromatic carbocycles. The van der Waals surface area contributed by atoms with Crippen molar-refractivity contribution in [2.24, 2.45) is 5.73 Å². The van der Waals surface area contributed by atoms with Gasteiger partial charge in [0, 0.05) is 39.1 Å². The molecular weight excluding hydrogens is 242 g/mol. The monoisotopic (exact) mass is 267 g/mol. The number of methoxy groups -OCH3 is 2. The summed E-state index contributed by atoms with van der Waals surface area (Å²) in [6.45, 7) is 6.71. The molecule has 0 saturated carbocycles. The molecule has 1 aromatic heterocycles. The molecule has 2 N–H and O–H groups in total. The van der Waals surface area contributed by atoms with Gasteiger partial charge < -0.3 is 20.1 Å². The molecule has 0 saturated heterocycles. The smallest absolute Gasteiger partial charge is 0.133 e. The number of pyridine rings is 1. The maximum absolute atomic E-state index is 5.86. The Morgan fingerprint density at radius 1 is 1.37 bits per heavy atom. The van der Waals surface area contributed by atoms with Gasteiger partial charge in [-0.15, -0.1) is 0 Å². The molecule has 0 amide bonds. The van der Waals surface area contributed by atoms with Crippen LogP contribution < -0.4 is 10.6 Å². The van der Waals surface area contributed by atoms with Gasteiger partial charge in [0.2, 0.25) is 0 Å². The SMILES string of the molecule is COCCN(c1nccc(C)c1CN)C(C)COC. The standard InChI is InChI=1S/C14H25N3O2/c1-11-5-6-16-14(13(11)9-15)17(7-8-18-3)12(2)10-19-4/h5-6,12H,7-10,15H2,1-4H3. The van der Waals surface area contributed by atoms with E-state index in [0.29, 0.717) is 19.8 Å². The number of nitrogens with two attached hydrogens (primary N) is 1. The number of nitrogens with zero attached hydrogens (tertiary/aromatic N) is 2. The van der Waals surface area contributed by atoms with Gasteiger partial charge in [-0.05, 0) is 25.5 Å². The van der Waals surface area contributed by atoms with Gasteiger partial charge in [0.05, 0.1) is 19.3 Å². The van der Waals surface area contributed by atoms with E-state index in [0.717, 1.165) is 17.9 Å². The largest absolute Gasteiger partial charge is 0.383 e. The lowest BCUT2D eigenvalue weighted by atomic mass is 10.1. The number of aromatic nitrogens is 1. The van der Waals surface area contributed by atoms with Gasteiger partial charge in [-0.25, -0.2) is 4.98 Å². The minimum absolute atomic E-state index is 0.222. The second kappa shape index (κ2) is 8.09. The number of anilines is 1. The van der Waals surface area contributed by atoms with Crippen LogP contribution in [-0.4, -0.2) is 45.0 Å². The molecule has 5 nitrogen and oxygen atoms in total. The van der Waals surface area contributed by atoms with Gasteiger partial charge in [-0.3, -0.25) is 0 Å². The lowest BCUT2D eigenvalue weighted by Crippen LogP contribution is -2.40. The van der Waals surface area contributed by atoms with Crippen molar-refractivity contribution >= 4 is 5.82 Å². The van der Waals surface area contributed by atoms with Crippen molar-refractivity contribution in [2.45, 2.75) is 26.4 Å². The zero-order valence-electron chi connectivity index (χ0n) is 12.3. The van der Waals surface area contributed by atoms with Crippen molar-refractivity contribution in [1.82, 2.24) is 4.98 Å². The van der Waals surface area contributed by atoms with Crippen LogP contribution >= 0.6 is 0 Å². The van der Waals surface area contributed by atoms with Crippen LogP contribution in [0.2, 0.25) is 0 Å². The fraction of sp³-hybridized carbons (Fsp3) is 0.643. The molecule has 1 atom stereocenters. The van der Waals surface area contributed by atoms with E-state index in [9.17, 15) is 0 Å². The quantitative estimate of drug-likeness (QED) is 0.770. The molecule has 1 rings (SSSR count). The number of hydrogen-bond acceptors (Lipinski definition) is 5. The third-order valence-corrected chi connectivity index (χ3v) is 3.22. The number of aryl methyl sites for hydroxylation is 1. The van der Waals surface area contributed by atoms with Crippen LogP contribution in [0.3, 0.4) is 0 Å². The van der Waals surface area contributed by atoms with Gasteiger partial charge in [0.25, 0.3) is 0 Å². The highest BCUT2D eigenvalue weighted by Gasteiger charge is 2.19. The van der Waals surface area contributed by atoms with Gasteiger partial charge in [0.1, 0.15) is 5.82 Å². The van der Waals surface area contributed by atoms with E-state index in [1.165, 1.54) is 5.56 Å². The Morgan fingerprint density at radius 3 is 2.68 bits per heavy atom. The molecule has 5 heteroatoms. The first-order valence-corrected chi connectivity index (χ1v) is 6.54. The Bertz CT molecular complexity index is 385. The van der Waals surface area contributed by atoms with Crippen molar-refractivity contribution in [1.29, 1.82) is 0 Å². The first kappa shape index (κ1) is 15.9. The maximum Gasteiger partial charge on any atom is 0.133 e. The molecular formula is C14H25N3O2. The zero-order chi connectivity index (χ0) is 14.3. The van der Waals surface area contributed by atoms with Crippen LogP contribution in [0.5, 0.6) is 0 Å². The van der Waals surface area contributed by atoms with Gasteiger partial charge >= 0.3 is 0 Å². The van der Waals surface area contributed by atoms with Gasteiger partial charge in [-0.2, -0.15) is 0 Å². The van der Waals surface area contributed by atoms with E-state index in [1.54, 1.807) is 14.2 Å². The second-order valence-corrected chi connectivity index (χ2v) is 4.62. The van der Waals surface area contributed by atoms with E-state index in [1.807, 2.05) is 12.3 Å². The van der Waals surface area contributed by atoms with Crippen molar-refractivity contribution in [3.05, 3.63) is 23.4 Å². The van der Waals surface area contributed by atoms with E-state index < -0.39 is 0 Å². The van der Waals surface area contributed by atoms with Crippen LogP contribution in [0.1, 0.15) is 18.1 Å². The zero-order valence-corrected chi connectivity index (χ0v) is 12.3. The highest BCUT2D eigenvalue weighted by Crippen LogP contribution is 2.22. The molecule has 0 aliphatic heterocycles. The van der Waals surface area contributed by atoms with E-state index in [-0.39, 0.29) is 6.04 Å². The Morgan fingerprint density at radius 2 is 2.11 bits per heavy atom. The minimum atomic E-state index is 0.222. The molecule has 1 aromatic rings. The third-order valence-electron chi connectivity index (χ3n) is 3.22. The maximum atomic E-state index is 5.86. The van der Waals surface area contributed by atoms with Crippen molar-refractivity contribution < 1.29 is 9.47 Å². The van der Waals surface area contributed by atoms with E-state index in [4.69, 9.17) is 15.2 Å². The average Bonchev–Trinajstić information content (AvgIpc) is 2.39. The number of hydrogen-bond donors (Lipinski definition) is 1. The van der Waals surface area contributed by atoms with Crippen LogP contribution in [-0.2, 0) is 16.0 Å². The molecule has 1 heterocycles. The van der Waals surface area contributed by atoms with E-state index in [2.05, 4.69) is 23.7 Å². The summed E-state index contributed by atoms with van der Waals surface area (Å²) in [6, 6.07) is 2.21. The van der Waals surface area contributed by atoms with Gasteiger partial charge in [-0.1, -0.05) is 0 Å². The minimum Gasteiger partial charge on any atom is -0.383 e. The second-order valence-electron chi connectivity index (χ2n) is 4.62. The highest BCUT2D eigenvalue weighted by atomic mass is 16.5. The predicted octanol–water partition coefficient (Wildman–Crippen LogP) is 1.34. The van der Waals surface area contributed by atoms with Crippen LogP contribution in [0.15, 0.2) is 12.3 Å².